The average molecular weight is 536 g/mol. The van der Waals surface area contributed by atoms with E-state index in [-0.39, 0.29) is 12.6 Å². The minimum atomic E-state index is -1.95. The topological polar surface area (TPSA) is 74.3 Å². The van der Waals surface area contributed by atoms with Gasteiger partial charge in [-0.3, -0.25) is 4.84 Å². The number of hydroxylamine groups is 2. The van der Waals surface area contributed by atoms with Crippen LogP contribution in [0.25, 0.3) is 0 Å². The molecule has 1 spiro atoms. The quantitative estimate of drug-likeness (QED) is 0.366. The van der Waals surface area contributed by atoms with Crippen molar-refractivity contribution in [2.24, 2.45) is 0 Å². The lowest BCUT2D eigenvalue weighted by Gasteiger charge is -2.39. The van der Waals surface area contributed by atoms with Crippen LogP contribution in [0.4, 0.5) is 8.78 Å². The number of halogens is 2. The largest absolute Gasteiger partial charge is 0.491 e. The number of carbonyl (C=O) groups is 2. The van der Waals surface area contributed by atoms with Crippen LogP contribution in [-0.2, 0) is 23.9 Å². The van der Waals surface area contributed by atoms with Crippen molar-refractivity contribution < 1.29 is 37.4 Å². The Bertz CT molecular complexity index is 1310. The molecular weight excluding hydrogens is 508 g/mol. The van der Waals surface area contributed by atoms with Crippen LogP contribution in [0, 0.1) is 11.6 Å². The van der Waals surface area contributed by atoms with Crippen LogP contribution >= 0.6 is 0 Å². The van der Waals surface area contributed by atoms with Gasteiger partial charge < -0.3 is 14.2 Å². The molecule has 0 bridgehead atoms. The van der Waals surface area contributed by atoms with E-state index in [0.717, 1.165) is 12.2 Å². The summed E-state index contributed by atoms with van der Waals surface area (Å²) in [7, 11) is 0. The first kappa shape index (κ1) is 26.5. The molecule has 0 aromatic heterocycles. The predicted molar refractivity (Wildman–Crippen MR) is 136 cm³/mol. The third-order valence-corrected chi connectivity index (χ3v) is 6.47. The Hall–Kier alpha value is -4.08. The number of rotatable bonds is 7. The molecule has 7 nitrogen and oxygen atoms in total. The first-order valence-electron chi connectivity index (χ1n) is 12.6. The standard InChI is InChI=1S/C30H27F2NO6/c1-19(2)36-25-5-3-4-22(18-25)26-16-17-33(30(26)37-27(34)14-15-28(35)38-30)39-29(20-6-10-23(31)11-7-20)21-8-12-24(32)13-9-21/h3-15,18-19,26,29H,16-17H2,1-2H3. The maximum absolute atomic E-state index is 13.7. The predicted octanol–water partition coefficient (Wildman–Crippen LogP) is 5.57. The monoisotopic (exact) mass is 535 g/mol. The van der Waals surface area contributed by atoms with E-state index in [1.54, 1.807) is 24.3 Å². The normalized spacial score (nSPS) is 18.9. The third kappa shape index (κ3) is 5.69. The molecule has 0 aliphatic carbocycles. The number of hydrogen-bond acceptors (Lipinski definition) is 7. The molecule has 0 radical (unpaired) electrons. The summed E-state index contributed by atoms with van der Waals surface area (Å²) in [6, 6.07) is 18.6. The van der Waals surface area contributed by atoms with Gasteiger partial charge in [0, 0.05) is 18.7 Å². The fourth-order valence-electron chi connectivity index (χ4n) is 4.81. The van der Waals surface area contributed by atoms with Crippen molar-refractivity contribution in [3.05, 3.63) is 113 Å². The van der Waals surface area contributed by atoms with Crippen molar-refractivity contribution in [2.45, 2.75) is 44.3 Å². The van der Waals surface area contributed by atoms with Crippen molar-refractivity contribution >= 4 is 11.9 Å². The SMILES string of the molecule is CC(C)Oc1cccc(C2CCN(OC(c3ccc(F)cc3)c3ccc(F)cc3)C23OC(=O)C=CC(=O)O3)c1. The number of hydrogen-bond donors (Lipinski definition) is 0. The van der Waals surface area contributed by atoms with Gasteiger partial charge in [0.25, 0.3) is 0 Å². The summed E-state index contributed by atoms with van der Waals surface area (Å²) in [5, 5.41) is 1.33. The highest BCUT2D eigenvalue weighted by atomic mass is 19.1. The van der Waals surface area contributed by atoms with Gasteiger partial charge in [-0.25, -0.2) is 18.4 Å². The van der Waals surface area contributed by atoms with E-state index in [1.807, 2.05) is 38.1 Å². The van der Waals surface area contributed by atoms with Crippen molar-refractivity contribution in [2.75, 3.05) is 6.54 Å². The summed E-state index contributed by atoms with van der Waals surface area (Å²) in [5.41, 5.74) is 1.82. The average Bonchev–Trinajstić information content (AvgIpc) is 3.14. The molecule has 39 heavy (non-hydrogen) atoms. The van der Waals surface area contributed by atoms with Crippen molar-refractivity contribution in [3.63, 3.8) is 0 Å². The lowest BCUT2D eigenvalue weighted by molar-refractivity contribution is -0.375. The van der Waals surface area contributed by atoms with Gasteiger partial charge in [0.1, 0.15) is 23.5 Å². The summed E-state index contributed by atoms with van der Waals surface area (Å²) in [4.78, 5) is 31.8. The van der Waals surface area contributed by atoms with Crippen molar-refractivity contribution in [1.29, 1.82) is 0 Å². The minimum Gasteiger partial charge on any atom is -0.491 e. The summed E-state index contributed by atoms with van der Waals surface area (Å²) < 4.78 is 45.0. The third-order valence-electron chi connectivity index (χ3n) is 6.47. The molecule has 1 atom stereocenters. The van der Waals surface area contributed by atoms with E-state index >= 15 is 0 Å². The Labute approximate surface area is 224 Å². The zero-order valence-electron chi connectivity index (χ0n) is 21.4. The zero-order chi connectivity index (χ0) is 27.6. The van der Waals surface area contributed by atoms with Crippen molar-refractivity contribution in [3.8, 4) is 5.75 Å². The zero-order valence-corrected chi connectivity index (χ0v) is 21.4. The van der Waals surface area contributed by atoms with Gasteiger partial charge in [-0.15, -0.1) is 5.06 Å². The number of benzene rings is 3. The molecule has 1 saturated heterocycles. The summed E-state index contributed by atoms with van der Waals surface area (Å²) in [5.74, 6) is -4.41. The molecule has 5 rings (SSSR count). The number of nitrogens with zero attached hydrogens (tertiary/aromatic N) is 1. The lowest BCUT2D eigenvalue weighted by Crippen LogP contribution is -2.53. The van der Waals surface area contributed by atoms with Gasteiger partial charge in [0.2, 0.25) is 0 Å². The highest BCUT2D eigenvalue weighted by molar-refractivity contribution is 5.93. The van der Waals surface area contributed by atoms with Gasteiger partial charge >= 0.3 is 17.8 Å². The molecule has 9 heteroatoms. The number of esters is 2. The van der Waals surface area contributed by atoms with E-state index in [4.69, 9.17) is 19.0 Å². The molecule has 2 heterocycles. The highest BCUT2D eigenvalue weighted by Crippen LogP contribution is 2.47. The van der Waals surface area contributed by atoms with Crippen molar-refractivity contribution in [1.82, 2.24) is 5.06 Å². The summed E-state index contributed by atoms with van der Waals surface area (Å²) in [6.07, 6.45) is 1.46. The van der Waals surface area contributed by atoms with Crippen LogP contribution < -0.4 is 4.74 Å². The first-order chi connectivity index (χ1) is 18.7. The molecule has 3 aromatic rings. The van der Waals surface area contributed by atoms with Crippen LogP contribution in [0.2, 0.25) is 0 Å². The highest BCUT2D eigenvalue weighted by Gasteiger charge is 2.59. The Kier molecular flexibility index (Phi) is 7.45. The Balaban J connectivity index is 1.56. The van der Waals surface area contributed by atoms with Crippen LogP contribution in [0.1, 0.15) is 49.0 Å². The smallest absolute Gasteiger partial charge is 0.349 e. The molecule has 3 aromatic carbocycles. The van der Waals surface area contributed by atoms with E-state index in [9.17, 15) is 18.4 Å². The van der Waals surface area contributed by atoms with E-state index in [0.29, 0.717) is 28.9 Å². The van der Waals surface area contributed by atoms with Gasteiger partial charge in [-0.2, -0.15) is 0 Å². The lowest BCUT2D eigenvalue weighted by atomic mass is 9.94. The molecule has 0 N–H and O–H groups in total. The molecule has 0 saturated carbocycles. The molecule has 2 aliphatic rings. The van der Waals surface area contributed by atoms with E-state index < -0.39 is 41.5 Å². The Morgan fingerprint density at radius 2 is 1.44 bits per heavy atom. The van der Waals surface area contributed by atoms with Gasteiger partial charge in [-0.05, 0) is 73.4 Å². The molecule has 202 valence electrons. The number of ether oxygens (including phenoxy) is 3. The maximum Gasteiger partial charge on any atom is 0.349 e. The van der Waals surface area contributed by atoms with Gasteiger partial charge in [-0.1, -0.05) is 36.4 Å². The van der Waals surface area contributed by atoms with Crippen LogP contribution in [-0.4, -0.2) is 35.6 Å². The number of carbonyl (C=O) groups excluding carboxylic acids is 2. The minimum absolute atomic E-state index is 0.0671. The van der Waals surface area contributed by atoms with Gasteiger partial charge in [0.15, 0.2) is 0 Å². The first-order valence-corrected chi connectivity index (χ1v) is 12.6. The molecule has 1 fully saturated rings. The van der Waals surface area contributed by atoms with Crippen LogP contribution in [0.15, 0.2) is 84.9 Å². The van der Waals surface area contributed by atoms with Gasteiger partial charge in [0.05, 0.1) is 12.0 Å². The Morgan fingerprint density at radius 3 is 1.97 bits per heavy atom. The maximum atomic E-state index is 13.7. The Morgan fingerprint density at radius 1 is 0.872 bits per heavy atom. The molecule has 0 amide bonds. The second-order valence-electron chi connectivity index (χ2n) is 9.58. The second kappa shape index (κ2) is 11.0. The molecular formula is C30H27F2NO6. The molecule has 1 unspecified atom stereocenters. The fraction of sp³-hybridized carbons (Fsp3) is 0.267. The van der Waals surface area contributed by atoms with E-state index in [1.165, 1.54) is 29.3 Å². The summed E-state index contributed by atoms with van der Waals surface area (Å²) >= 11 is 0. The molecule has 2 aliphatic heterocycles. The van der Waals surface area contributed by atoms with Crippen LogP contribution in [0.3, 0.4) is 0 Å². The second-order valence-corrected chi connectivity index (χ2v) is 9.58. The van der Waals surface area contributed by atoms with Crippen LogP contribution in [0.5, 0.6) is 5.75 Å². The fourth-order valence-corrected chi connectivity index (χ4v) is 4.81. The van der Waals surface area contributed by atoms with E-state index in [2.05, 4.69) is 0 Å². The summed E-state index contributed by atoms with van der Waals surface area (Å²) in [6.45, 7) is 4.02.